The lowest BCUT2D eigenvalue weighted by Crippen LogP contribution is -2.51. The highest BCUT2D eigenvalue weighted by Gasteiger charge is 2.36. The summed E-state index contributed by atoms with van der Waals surface area (Å²) in [5.41, 5.74) is 0.0815. The largest absolute Gasteiger partial charge is 0.340 e. The molecule has 0 aromatic heterocycles. The second-order valence-electron chi connectivity index (χ2n) is 6.83. The summed E-state index contributed by atoms with van der Waals surface area (Å²) in [6, 6.07) is 0.425. The van der Waals surface area contributed by atoms with Crippen molar-refractivity contribution in [2.24, 2.45) is 5.92 Å². The molecule has 1 saturated heterocycles. The molecule has 1 N–H and O–H groups in total. The fraction of sp³-hybridized carbons (Fsp3) is 0.938. The van der Waals surface area contributed by atoms with Gasteiger partial charge < -0.3 is 10.2 Å². The molecule has 1 heterocycles. The van der Waals surface area contributed by atoms with Crippen LogP contribution in [0.5, 0.6) is 0 Å². The van der Waals surface area contributed by atoms with Crippen LogP contribution in [0.2, 0.25) is 0 Å². The van der Waals surface area contributed by atoms with E-state index in [4.69, 9.17) is 0 Å². The average Bonchev–Trinajstić information content (AvgIpc) is 2.39. The molecule has 0 bridgehead atoms. The normalized spacial score (nSPS) is 31.2. The van der Waals surface area contributed by atoms with Gasteiger partial charge in [0, 0.05) is 24.5 Å². The van der Waals surface area contributed by atoms with Gasteiger partial charge in [-0.1, -0.05) is 26.2 Å². The van der Waals surface area contributed by atoms with Crippen molar-refractivity contribution in [3.05, 3.63) is 0 Å². The Kier molecular flexibility index (Phi) is 4.88. The number of carbonyl (C=O) groups is 1. The van der Waals surface area contributed by atoms with E-state index in [1.165, 1.54) is 25.7 Å². The van der Waals surface area contributed by atoms with Crippen molar-refractivity contribution in [2.75, 3.05) is 13.6 Å². The summed E-state index contributed by atoms with van der Waals surface area (Å²) in [7, 11) is 2.03. The molecule has 1 aliphatic carbocycles. The van der Waals surface area contributed by atoms with Crippen LogP contribution in [0.15, 0.2) is 0 Å². The molecule has 2 aliphatic rings. The van der Waals surface area contributed by atoms with E-state index in [2.05, 4.69) is 24.1 Å². The van der Waals surface area contributed by atoms with Gasteiger partial charge in [-0.15, -0.1) is 0 Å². The fourth-order valence-corrected chi connectivity index (χ4v) is 3.91. The molecular weight excluding hydrogens is 236 g/mol. The van der Waals surface area contributed by atoms with Gasteiger partial charge in [0.05, 0.1) is 0 Å². The molecule has 2 rings (SSSR count). The summed E-state index contributed by atoms with van der Waals surface area (Å²) in [5.74, 6) is 1.14. The second-order valence-corrected chi connectivity index (χ2v) is 6.83. The van der Waals surface area contributed by atoms with Crippen LogP contribution in [0.25, 0.3) is 0 Å². The third-order valence-electron chi connectivity index (χ3n) is 5.29. The quantitative estimate of drug-likeness (QED) is 0.852. The third kappa shape index (κ3) is 3.50. The number of likely N-dealkylation sites (tertiary alicyclic amines) is 1. The van der Waals surface area contributed by atoms with E-state index in [1.807, 2.05) is 7.05 Å². The van der Waals surface area contributed by atoms with Gasteiger partial charge in [-0.05, 0) is 45.6 Å². The van der Waals surface area contributed by atoms with Gasteiger partial charge in [0.25, 0.3) is 0 Å². The van der Waals surface area contributed by atoms with Gasteiger partial charge >= 0.3 is 0 Å². The number of amides is 1. The molecule has 0 radical (unpaired) electrons. The molecule has 0 aromatic rings. The van der Waals surface area contributed by atoms with Crippen molar-refractivity contribution in [2.45, 2.75) is 76.8 Å². The van der Waals surface area contributed by atoms with Gasteiger partial charge in [-0.25, -0.2) is 0 Å². The van der Waals surface area contributed by atoms with Crippen LogP contribution in [0.3, 0.4) is 0 Å². The van der Waals surface area contributed by atoms with E-state index < -0.39 is 0 Å². The monoisotopic (exact) mass is 266 g/mol. The highest BCUT2D eigenvalue weighted by Crippen LogP contribution is 2.32. The molecule has 1 aliphatic heterocycles. The van der Waals surface area contributed by atoms with Crippen molar-refractivity contribution in [1.82, 2.24) is 10.2 Å². The molecule has 3 heteroatoms. The first-order chi connectivity index (χ1) is 9.06. The Morgan fingerprint density at radius 1 is 1.26 bits per heavy atom. The fourth-order valence-electron chi connectivity index (χ4n) is 3.91. The maximum atomic E-state index is 12.6. The maximum absolute atomic E-state index is 12.6. The Balaban J connectivity index is 1.95. The third-order valence-corrected chi connectivity index (χ3v) is 5.29. The lowest BCUT2D eigenvalue weighted by Gasteiger charge is -2.41. The lowest BCUT2D eigenvalue weighted by atomic mass is 9.78. The highest BCUT2D eigenvalue weighted by atomic mass is 16.2. The average molecular weight is 266 g/mol. The van der Waals surface area contributed by atoms with E-state index in [0.29, 0.717) is 18.4 Å². The first-order valence-corrected chi connectivity index (χ1v) is 8.05. The van der Waals surface area contributed by atoms with Crippen molar-refractivity contribution >= 4 is 5.91 Å². The molecule has 2 fully saturated rings. The summed E-state index contributed by atoms with van der Waals surface area (Å²) in [5, 5.41) is 3.46. The summed E-state index contributed by atoms with van der Waals surface area (Å²) >= 11 is 0. The topological polar surface area (TPSA) is 32.3 Å². The molecule has 0 aromatic carbocycles. The van der Waals surface area contributed by atoms with Crippen LogP contribution in [-0.2, 0) is 4.79 Å². The number of nitrogens with one attached hydrogen (secondary N) is 1. The van der Waals surface area contributed by atoms with E-state index in [9.17, 15) is 4.79 Å². The Morgan fingerprint density at radius 2 is 1.95 bits per heavy atom. The Bertz CT molecular complexity index is 310. The van der Waals surface area contributed by atoms with Crippen LogP contribution < -0.4 is 5.32 Å². The molecule has 110 valence electrons. The molecule has 3 nitrogen and oxygen atoms in total. The highest BCUT2D eigenvalue weighted by molar-refractivity contribution is 5.78. The van der Waals surface area contributed by atoms with Crippen LogP contribution in [0.4, 0.5) is 0 Å². The van der Waals surface area contributed by atoms with Gasteiger partial charge in [0.1, 0.15) is 0 Å². The van der Waals surface area contributed by atoms with Crippen molar-refractivity contribution < 1.29 is 4.79 Å². The number of hydrogen-bond acceptors (Lipinski definition) is 2. The Hall–Kier alpha value is -0.570. The molecule has 19 heavy (non-hydrogen) atoms. The van der Waals surface area contributed by atoms with Crippen molar-refractivity contribution in [1.29, 1.82) is 0 Å². The lowest BCUT2D eigenvalue weighted by molar-refractivity contribution is -0.137. The minimum absolute atomic E-state index is 0.0815. The minimum atomic E-state index is 0.0815. The molecule has 1 saturated carbocycles. The van der Waals surface area contributed by atoms with E-state index in [1.54, 1.807) is 0 Å². The molecular formula is C16H30N2O. The zero-order valence-corrected chi connectivity index (χ0v) is 12.9. The summed E-state index contributed by atoms with van der Waals surface area (Å²) in [4.78, 5) is 14.8. The summed E-state index contributed by atoms with van der Waals surface area (Å²) in [6.07, 6.45) is 9.21. The predicted molar refractivity (Wildman–Crippen MR) is 79.1 cm³/mol. The van der Waals surface area contributed by atoms with Crippen molar-refractivity contribution in [3.8, 4) is 0 Å². The Labute approximate surface area is 118 Å². The van der Waals surface area contributed by atoms with Gasteiger partial charge in [0.15, 0.2) is 0 Å². The van der Waals surface area contributed by atoms with Crippen LogP contribution in [-0.4, -0.2) is 36.0 Å². The number of rotatable bonds is 3. The Morgan fingerprint density at radius 3 is 2.53 bits per heavy atom. The van der Waals surface area contributed by atoms with Crippen LogP contribution >= 0.6 is 0 Å². The number of nitrogens with zero attached hydrogens (tertiary/aromatic N) is 1. The van der Waals surface area contributed by atoms with Crippen molar-refractivity contribution in [3.63, 3.8) is 0 Å². The second kappa shape index (κ2) is 6.25. The predicted octanol–water partition coefficient (Wildman–Crippen LogP) is 2.95. The molecule has 2 atom stereocenters. The SMILES string of the molecule is CNC1(CC(=O)N2CCC(C)CC2C)CCCCC1. The summed E-state index contributed by atoms with van der Waals surface area (Å²) < 4.78 is 0. The first kappa shape index (κ1) is 14.8. The number of piperidine rings is 1. The minimum Gasteiger partial charge on any atom is -0.340 e. The molecule has 0 spiro atoms. The standard InChI is InChI=1S/C16H30N2O/c1-13-7-10-18(14(2)11-13)15(19)12-16(17-3)8-5-4-6-9-16/h13-14,17H,4-12H2,1-3H3. The first-order valence-electron chi connectivity index (χ1n) is 8.05. The maximum Gasteiger partial charge on any atom is 0.224 e. The zero-order valence-electron chi connectivity index (χ0n) is 12.9. The van der Waals surface area contributed by atoms with Gasteiger partial charge in [0.2, 0.25) is 5.91 Å². The zero-order chi connectivity index (χ0) is 13.9. The molecule has 2 unspecified atom stereocenters. The van der Waals surface area contributed by atoms with E-state index in [-0.39, 0.29) is 5.54 Å². The summed E-state index contributed by atoms with van der Waals surface area (Å²) in [6.45, 7) is 5.47. The van der Waals surface area contributed by atoms with Crippen LogP contribution in [0.1, 0.15) is 65.2 Å². The smallest absolute Gasteiger partial charge is 0.224 e. The molecule has 1 amide bonds. The van der Waals surface area contributed by atoms with Gasteiger partial charge in [-0.2, -0.15) is 0 Å². The van der Waals surface area contributed by atoms with Crippen LogP contribution in [0, 0.1) is 5.92 Å². The van der Waals surface area contributed by atoms with E-state index in [0.717, 1.165) is 31.7 Å². The number of hydrogen-bond donors (Lipinski definition) is 1. The van der Waals surface area contributed by atoms with E-state index >= 15 is 0 Å². The number of carbonyl (C=O) groups excluding carboxylic acids is 1. The van der Waals surface area contributed by atoms with Gasteiger partial charge in [-0.3, -0.25) is 4.79 Å².